The molecule has 0 aromatic rings. The Bertz CT molecular complexity index is 393. The summed E-state index contributed by atoms with van der Waals surface area (Å²) in [4.78, 5) is 4.40. The lowest BCUT2D eigenvalue weighted by atomic mass is 9.54. The van der Waals surface area contributed by atoms with Gasteiger partial charge in [-0.15, -0.1) is 0 Å². The van der Waals surface area contributed by atoms with Gasteiger partial charge in [0, 0.05) is 44.2 Å². The zero-order chi connectivity index (χ0) is 14.9. The Labute approximate surface area is 127 Å². The first-order chi connectivity index (χ1) is 10.2. The van der Waals surface area contributed by atoms with Crippen LogP contribution < -0.4 is 10.6 Å². The van der Waals surface area contributed by atoms with Gasteiger partial charge in [0.05, 0.1) is 12.7 Å². The summed E-state index contributed by atoms with van der Waals surface area (Å²) in [6.07, 6.45) is 6.97. The van der Waals surface area contributed by atoms with Crippen LogP contribution in [0.15, 0.2) is 4.99 Å². The topological polar surface area (TPSA) is 54.9 Å². The summed E-state index contributed by atoms with van der Waals surface area (Å²) in [5.41, 5.74) is 0.364. The number of nitrogens with one attached hydrogen (secondary N) is 2. The molecular weight excluding hydrogens is 266 g/mol. The van der Waals surface area contributed by atoms with Gasteiger partial charge >= 0.3 is 0 Å². The number of nitrogens with zero attached hydrogens (tertiary/aromatic N) is 1. The molecule has 2 aliphatic carbocycles. The van der Waals surface area contributed by atoms with E-state index in [-0.39, 0.29) is 6.04 Å². The molecule has 2 N–H and O–H groups in total. The fourth-order valence-electron chi connectivity index (χ4n) is 4.75. The van der Waals surface area contributed by atoms with E-state index in [9.17, 15) is 0 Å². The van der Waals surface area contributed by atoms with Crippen LogP contribution in [0.4, 0.5) is 0 Å². The molecule has 1 saturated heterocycles. The van der Waals surface area contributed by atoms with Gasteiger partial charge in [0.2, 0.25) is 0 Å². The van der Waals surface area contributed by atoms with E-state index >= 15 is 0 Å². The van der Waals surface area contributed by atoms with Crippen LogP contribution >= 0.6 is 0 Å². The van der Waals surface area contributed by atoms with Crippen LogP contribution in [0.1, 0.15) is 39.0 Å². The van der Waals surface area contributed by atoms with Crippen molar-refractivity contribution >= 4 is 5.96 Å². The first kappa shape index (κ1) is 15.1. The Morgan fingerprint density at radius 3 is 2.86 bits per heavy atom. The van der Waals surface area contributed by atoms with E-state index in [0.29, 0.717) is 30.1 Å². The lowest BCUT2D eigenvalue weighted by Crippen LogP contribution is -2.69. The van der Waals surface area contributed by atoms with Crippen molar-refractivity contribution in [2.24, 2.45) is 16.3 Å². The number of guanidine groups is 1. The maximum atomic E-state index is 6.03. The monoisotopic (exact) mass is 295 g/mol. The zero-order valence-electron chi connectivity index (χ0n) is 13.5. The summed E-state index contributed by atoms with van der Waals surface area (Å²) in [5.74, 6) is 1.57. The fourth-order valence-corrected chi connectivity index (χ4v) is 4.75. The van der Waals surface area contributed by atoms with Gasteiger partial charge in [-0.2, -0.15) is 0 Å². The van der Waals surface area contributed by atoms with E-state index < -0.39 is 0 Å². The predicted molar refractivity (Wildman–Crippen MR) is 83.5 cm³/mol. The Morgan fingerprint density at radius 1 is 1.43 bits per heavy atom. The normalized spacial score (nSPS) is 35.4. The second-order valence-corrected chi connectivity index (χ2v) is 6.88. The molecule has 5 heteroatoms. The van der Waals surface area contributed by atoms with E-state index in [1.807, 2.05) is 7.05 Å². The van der Waals surface area contributed by atoms with Crippen LogP contribution in [0.5, 0.6) is 0 Å². The number of ether oxygens (including phenoxy) is 2. The van der Waals surface area contributed by atoms with E-state index in [1.54, 1.807) is 7.11 Å². The first-order valence-electron chi connectivity index (χ1n) is 8.31. The third kappa shape index (κ3) is 2.55. The fraction of sp³-hybridized carbons (Fsp3) is 0.938. The zero-order valence-corrected chi connectivity index (χ0v) is 13.5. The average molecular weight is 295 g/mol. The molecule has 5 nitrogen and oxygen atoms in total. The highest BCUT2D eigenvalue weighted by atomic mass is 16.5. The van der Waals surface area contributed by atoms with E-state index in [2.05, 4.69) is 22.5 Å². The predicted octanol–water partition coefficient (Wildman–Crippen LogP) is 1.53. The molecule has 4 atom stereocenters. The first-order valence-corrected chi connectivity index (χ1v) is 8.31. The van der Waals surface area contributed by atoms with Crippen LogP contribution in [0.3, 0.4) is 0 Å². The Hall–Kier alpha value is -0.810. The third-order valence-electron chi connectivity index (χ3n) is 5.60. The molecule has 1 aliphatic heterocycles. The Kier molecular flexibility index (Phi) is 4.41. The van der Waals surface area contributed by atoms with Gasteiger partial charge in [-0.05, 0) is 26.2 Å². The summed E-state index contributed by atoms with van der Waals surface area (Å²) in [5, 5.41) is 7.13. The summed E-state index contributed by atoms with van der Waals surface area (Å²) in [6.45, 7) is 3.73. The quantitative estimate of drug-likeness (QED) is 0.610. The second kappa shape index (κ2) is 6.13. The summed E-state index contributed by atoms with van der Waals surface area (Å²) < 4.78 is 11.2. The van der Waals surface area contributed by atoms with Gasteiger partial charge in [-0.25, -0.2) is 0 Å². The Balaban J connectivity index is 1.65. The van der Waals surface area contributed by atoms with Crippen LogP contribution in [-0.4, -0.2) is 51.5 Å². The van der Waals surface area contributed by atoms with Crippen molar-refractivity contribution in [3.05, 3.63) is 0 Å². The number of methoxy groups -OCH3 is 1. The highest BCUT2D eigenvalue weighted by Gasteiger charge is 2.65. The van der Waals surface area contributed by atoms with Crippen molar-refractivity contribution in [2.45, 2.75) is 57.2 Å². The maximum absolute atomic E-state index is 6.03. The molecule has 1 spiro atoms. The van der Waals surface area contributed by atoms with Gasteiger partial charge < -0.3 is 20.1 Å². The van der Waals surface area contributed by atoms with E-state index in [0.717, 1.165) is 12.6 Å². The van der Waals surface area contributed by atoms with Crippen molar-refractivity contribution < 1.29 is 9.47 Å². The smallest absolute Gasteiger partial charge is 0.191 e. The van der Waals surface area contributed by atoms with Crippen molar-refractivity contribution in [1.29, 1.82) is 0 Å². The van der Waals surface area contributed by atoms with Crippen molar-refractivity contribution in [3.8, 4) is 0 Å². The second-order valence-electron chi connectivity index (χ2n) is 6.88. The summed E-state index contributed by atoms with van der Waals surface area (Å²) in [7, 11) is 3.58. The largest absolute Gasteiger partial charge is 0.383 e. The standard InChI is InChI=1S/C16H29N3O2/c1-11(10-20-3)18-15(17-2)19-13-12-6-9-21-14(12)16(13)7-4-5-8-16/h11-14H,4-10H2,1-3H3,(H2,17,18,19). The molecule has 0 amide bonds. The van der Waals surface area contributed by atoms with Gasteiger partial charge in [-0.1, -0.05) is 12.8 Å². The van der Waals surface area contributed by atoms with Crippen LogP contribution in [0.2, 0.25) is 0 Å². The van der Waals surface area contributed by atoms with Crippen LogP contribution in [0.25, 0.3) is 0 Å². The summed E-state index contributed by atoms with van der Waals surface area (Å²) >= 11 is 0. The molecule has 3 aliphatic rings. The number of aliphatic imine (C=N–C) groups is 1. The minimum absolute atomic E-state index is 0.261. The molecule has 0 bridgehead atoms. The third-order valence-corrected chi connectivity index (χ3v) is 5.60. The van der Waals surface area contributed by atoms with Gasteiger partial charge in [0.1, 0.15) is 0 Å². The molecule has 120 valence electrons. The molecular formula is C16H29N3O2. The molecule has 0 aromatic carbocycles. The van der Waals surface area contributed by atoms with Crippen LogP contribution in [0, 0.1) is 11.3 Å². The highest BCUT2D eigenvalue weighted by molar-refractivity contribution is 5.80. The average Bonchev–Trinajstić information content (AvgIpc) is 3.11. The van der Waals surface area contributed by atoms with Crippen molar-refractivity contribution in [1.82, 2.24) is 10.6 Å². The lowest BCUT2D eigenvalue weighted by Gasteiger charge is -2.57. The molecule has 0 aromatic heterocycles. The number of fused-ring (bicyclic) bond motifs is 2. The summed E-state index contributed by atoms with van der Waals surface area (Å²) in [6, 6.07) is 0.782. The number of hydrogen-bond donors (Lipinski definition) is 2. The molecule has 3 rings (SSSR count). The molecule has 0 radical (unpaired) electrons. The van der Waals surface area contributed by atoms with E-state index in [1.165, 1.54) is 32.1 Å². The van der Waals surface area contributed by atoms with Gasteiger partial charge in [0.25, 0.3) is 0 Å². The molecule has 21 heavy (non-hydrogen) atoms. The number of rotatable bonds is 4. The van der Waals surface area contributed by atoms with E-state index in [4.69, 9.17) is 9.47 Å². The SMILES string of the molecule is CN=C(NC(C)COC)NC1C2CCOC2C12CCCC2. The highest BCUT2D eigenvalue weighted by Crippen LogP contribution is 2.60. The van der Waals surface area contributed by atoms with Gasteiger partial charge in [-0.3, -0.25) is 4.99 Å². The minimum atomic E-state index is 0.261. The molecule has 2 saturated carbocycles. The lowest BCUT2D eigenvalue weighted by molar-refractivity contribution is -0.125. The Morgan fingerprint density at radius 2 is 2.19 bits per heavy atom. The number of hydrogen-bond acceptors (Lipinski definition) is 3. The maximum Gasteiger partial charge on any atom is 0.191 e. The van der Waals surface area contributed by atoms with Crippen molar-refractivity contribution in [3.63, 3.8) is 0 Å². The molecule has 4 unspecified atom stereocenters. The molecule has 1 heterocycles. The molecule has 3 fully saturated rings. The minimum Gasteiger partial charge on any atom is -0.383 e. The van der Waals surface area contributed by atoms with Crippen molar-refractivity contribution in [2.75, 3.05) is 27.4 Å². The van der Waals surface area contributed by atoms with Crippen LogP contribution in [-0.2, 0) is 9.47 Å². The van der Waals surface area contributed by atoms with Gasteiger partial charge in [0.15, 0.2) is 5.96 Å².